The van der Waals surface area contributed by atoms with Crippen LogP contribution in [0.3, 0.4) is 0 Å². The second kappa shape index (κ2) is 5.09. The van der Waals surface area contributed by atoms with Crippen molar-refractivity contribution in [3.63, 3.8) is 0 Å². The number of hydrogen-bond acceptors (Lipinski definition) is 3. The van der Waals surface area contributed by atoms with E-state index in [9.17, 15) is 0 Å². The Labute approximate surface area is 109 Å². The van der Waals surface area contributed by atoms with E-state index < -0.39 is 0 Å². The zero-order valence-electron chi connectivity index (χ0n) is 11.2. The lowest BCUT2D eigenvalue weighted by molar-refractivity contribution is 0.335. The maximum atomic E-state index is 5.71. The van der Waals surface area contributed by atoms with Gasteiger partial charge < -0.3 is 0 Å². The summed E-state index contributed by atoms with van der Waals surface area (Å²) in [6.07, 6.45) is 6.20. The van der Waals surface area contributed by atoms with E-state index >= 15 is 0 Å². The minimum absolute atomic E-state index is 0.338. The number of fused-ring (bicyclic) bond motifs is 1. The molecule has 0 spiro atoms. The standard InChI is InChI=1S/C14H24N2S/c1-14(2,3)8-7-11(16-15)13-9-10-5-4-6-12(10)17-13/h9,11,16H,4-8,15H2,1-3H3. The zero-order valence-corrected chi connectivity index (χ0v) is 12.0. The van der Waals surface area contributed by atoms with E-state index in [0.717, 1.165) is 6.42 Å². The molecule has 17 heavy (non-hydrogen) atoms. The molecule has 0 aliphatic heterocycles. The van der Waals surface area contributed by atoms with Crippen LogP contribution >= 0.6 is 11.3 Å². The van der Waals surface area contributed by atoms with Gasteiger partial charge in [0.25, 0.3) is 0 Å². The molecule has 1 atom stereocenters. The normalized spacial score (nSPS) is 17.2. The second-order valence-electron chi connectivity index (χ2n) is 6.27. The molecule has 0 radical (unpaired) electrons. The first-order valence-electron chi connectivity index (χ1n) is 6.57. The summed E-state index contributed by atoms with van der Waals surface area (Å²) in [6.45, 7) is 6.86. The Morgan fingerprint density at radius 1 is 1.41 bits per heavy atom. The minimum atomic E-state index is 0.338. The summed E-state index contributed by atoms with van der Waals surface area (Å²) in [6, 6.07) is 2.71. The van der Waals surface area contributed by atoms with Crippen LogP contribution in [-0.4, -0.2) is 0 Å². The number of nitrogens with one attached hydrogen (secondary N) is 1. The summed E-state index contributed by atoms with van der Waals surface area (Å²) in [5.41, 5.74) is 4.94. The Balaban J connectivity index is 2.02. The number of hydrogen-bond donors (Lipinski definition) is 2. The topological polar surface area (TPSA) is 38.0 Å². The Bertz CT molecular complexity index is 355. The summed E-state index contributed by atoms with van der Waals surface area (Å²) in [5, 5.41) is 0. The van der Waals surface area contributed by atoms with Gasteiger partial charge in [0, 0.05) is 9.75 Å². The van der Waals surface area contributed by atoms with Gasteiger partial charge in [-0.15, -0.1) is 11.3 Å². The number of rotatable bonds is 4. The molecule has 0 saturated heterocycles. The summed E-state index contributed by atoms with van der Waals surface area (Å²) in [5.74, 6) is 5.71. The van der Waals surface area contributed by atoms with Gasteiger partial charge >= 0.3 is 0 Å². The Morgan fingerprint density at radius 3 is 2.76 bits per heavy atom. The third-order valence-electron chi connectivity index (χ3n) is 3.49. The molecule has 3 N–H and O–H groups in total. The van der Waals surface area contributed by atoms with Crippen molar-refractivity contribution in [1.82, 2.24) is 5.43 Å². The summed E-state index contributed by atoms with van der Waals surface area (Å²) >= 11 is 1.96. The molecule has 1 heterocycles. The van der Waals surface area contributed by atoms with Gasteiger partial charge in [-0.2, -0.15) is 0 Å². The van der Waals surface area contributed by atoms with Gasteiger partial charge in [-0.25, -0.2) is 0 Å². The number of aryl methyl sites for hydroxylation is 2. The molecule has 1 aromatic rings. The van der Waals surface area contributed by atoms with Crippen molar-refractivity contribution < 1.29 is 0 Å². The predicted molar refractivity (Wildman–Crippen MR) is 75.1 cm³/mol. The van der Waals surface area contributed by atoms with Gasteiger partial charge in [-0.3, -0.25) is 11.3 Å². The highest BCUT2D eigenvalue weighted by molar-refractivity contribution is 7.12. The largest absolute Gasteiger partial charge is 0.271 e. The number of nitrogens with two attached hydrogens (primary N) is 1. The lowest BCUT2D eigenvalue weighted by atomic mass is 9.88. The van der Waals surface area contributed by atoms with Gasteiger partial charge in [0.2, 0.25) is 0 Å². The molecule has 1 unspecified atom stereocenters. The Hall–Kier alpha value is -0.380. The second-order valence-corrected chi connectivity index (χ2v) is 7.44. The van der Waals surface area contributed by atoms with E-state index in [-0.39, 0.29) is 0 Å². The van der Waals surface area contributed by atoms with E-state index in [1.165, 1.54) is 30.6 Å². The quantitative estimate of drug-likeness (QED) is 0.635. The van der Waals surface area contributed by atoms with Crippen LogP contribution in [0.5, 0.6) is 0 Å². The van der Waals surface area contributed by atoms with Crippen LogP contribution in [0.4, 0.5) is 0 Å². The molecule has 96 valence electrons. The van der Waals surface area contributed by atoms with Crippen molar-refractivity contribution in [2.75, 3.05) is 0 Å². The lowest BCUT2D eigenvalue weighted by Crippen LogP contribution is -2.28. The van der Waals surface area contributed by atoms with Gasteiger partial charge in [0.15, 0.2) is 0 Å². The summed E-state index contributed by atoms with van der Waals surface area (Å²) in [4.78, 5) is 3.03. The lowest BCUT2D eigenvalue weighted by Gasteiger charge is -2.22. The van der Waals surface area contributed by atoms with E-state index in [1.54, 1.807) is 10.4 Å². The van der Waals surface area contributed by atoms with E-state index in [1.807, 2.05) is 11.3 Å². The maximum Gasteiger partial charge on any atom is 0.0553 e. The van der Waals surface area contributed by atoms with E-state index in [4.69, 9.17) is 5.84 Å². The predicted octanol–water partition coefficient (Wildman–Crippen LogP) is 3.57. The monoisotopic (exact) mass is 252 g/mol. The third-order valence-corrected chi connectivity index (χ3v) is 4.84. The van der Waals surface area contributed by atoms with Gasteiger partial charge in [-0.05, 0) is 49.1 Å². The maximum absolute atomic E-state index is 5.71. The number of hydrazine groups is 1. The van der Waals surface area contributed by atoms with Crippen LogP contribution < -0.4 is 11.3 Å². The smallest absolute Gasteiger partial charge is 0.0553 e. The molecule has 0 bridgehead atoms. The molecule has 1 aromatic heterocycles. The van der Waals surface area contributed by atoms with E-state index in [0.29, 0.717) is 11.5 Å². The SMILES string of the molecule is CC(C)(C)CCC(NN)c1cc2c(s1)CCC2. The average molecular weight is 252 g/mol. The van der Waals surface area contributed by atoms with Gasteiger partial charge in [0.1, 0.15) is 0 Å². The fraction of sp³-hybridized carbons (Fsp3) is 0.714. The van der Waals surface area contributed by atoms with Crippen LogP contribution in [0, 0.1) is 5.41 Å². The van der Waals surface area contributed by atoms with Crippen molar-refractivity contribution >= 4 is 11.3 Å². The highest BCUT2D eigenvalue weighted by Gasteiger charge is 2.21. The first-order valence-corrected chi connectivity index (χ1v) is 7.39. The molecule has 1 aliphatic rings. The first kappa shape index (κ1) is 13.1. The Kier molecular flexibility index (Phi) is 3.91. The molecule has 0 aromatic carbocycles. The fourth-order valence-electron chi connectivity index (χ4n) is 2.41. The van der Waals surface area contributed by atoms with Crippen LogP contribution in [0.1, 0.15) is 61.4 Å². The van der Waals surface area contributed by atoms with Crippen molar-refractivity contribution in [2.45, 2.75) is 58.9 Å². The van der Waals surface area contributed by atoms with Gasteiger partial charge in [-0.1, -0.05) is 20.8 Å². The van der Waals surface area contributed by atoms with Gasteiger partial charge in [0.05, 0.1) is 6.04 Å². The first-order chi connectivity index (χ1) is 7.99. The molecule has 1 aliphatic carbocycles. The highest BCUT2D eigenvalue weighted by Crippen LogP contribution is 2.36. The highest BCUT2D eigenvalue weighted by atomic mass is 32.1. The molecule has 2 rings (SSSR count). The molecule has 0 fully saturated rings. The van der Waals surface area contributed by atoms with Crippen molar-refractivity contribution in [3.05, 3.63) is 21.4 Å². The van der Waals surface area contributed by atoms with Crippen LogP contribution in [0.15, 0.2) is 6.07 Å². The molecule has 3 heteroatoms. The van der Waals surface area contributed by atoms with Crippen molar-refractivity contribution in [3.8, 4) is 0 Å². The number of thiophene rings is 1. The van der Waals surface area contributed by atoms with Crippen molar-refractivity contribution in [1.29, 1.82) is 0 Å². The zero-order chi connectivity index (χ0) is 12.5. The average Bonchev–Trinajstić information content (AvgIpc) is 2.76. The third kappa shape index (κ3) is 3.30. The molecule has 2 nitrogen and oxygen atoms in total. The molecule has 0 saturated carbocycles. The summed E-state index contributed by atoms with van der Waals surface area (Å²) in [7, 11) is 0. The molecular weight excluding hydrogens is 228 g/mol. The fourth-order valence-corrected chi connectivity index (χ4v) is 3.76. The Morgan fingerprint density at radius 2 is 2.18 bits per heavy atom. The minimum Gasteiger partial charge on any atom is -0.271 e. The molecule has 0 amide bonds. The molecular formula is C14H24N2S. The van der Waals surface area contributed by atoms with Crippen LogP contribution in [0.25, 0.3) is 0 Å². The van der Waals surface area contributed by atoms with Crippen molar-refractivity contribution in [2.24, 2.45) is 11.3 Å². The van der Waals surface area contributed by atoms with E-state index in [2.05, 4.69) is 32.3 Å². The summed E-state index contributed by atoms with van der Waals surface area (Å²) < 4.78 is 0. The van der Waals surface area contributed by atoms with Crippen LogP contribution in [0.2, 0.25) is 0 Å². The van der Waals surface area contributed by atoms with Crippen LogP contribution in [-0.2, 0) is 12.8 Å².